The van der Waals surface area contributed by atoms with Gasteiger partial charge in [-0.15, -0.1) is 0 Å². The molecule has 3 nitrogen and oxygen atoms in total. The summed E-state index contributed by atoms with van der Waals surface area (Å²) in [4.78, 5) is 21.8. The van der Waals surface area contributed by atoms with Crippen LogP contribution in [0.4, 0.5) is 0 Å². The Hall–Kier alpha value is -1.12. The number of aliphatic carboxylic acids is 1. The number of unbranched alkanes of at least 4 members (excludes halogenated alkanes) is 9. The lowest BCUT2D eigenvalue weighted by molar-refractivity contribution is -0.305. The normalized spacial score (nSPS) is 11.1. The first-order chi connectivity index (χ1) is 10.2. The van der Waals surface area contributed by atoms with Crippen molar-refractivity contribution in [2.75, 3.05) is 0 Å². The minimum atomic E-state index is -0.956. The quantitative estimate of drug-likeness (QED) is 0.339. The van der Waals surface area contributed by atoms with Crippen LogP contribution in [0.1, 0.15) is 90.4 Å². The number of hydrogen-bond acceptors (Lipinski definition) is 3. The molecule has 0 aromatic heterocycles. The van der Waals surface area contributed by atoms with Crippen LogP contribution in [0.3, 0.4) is 0 Å². The number of ketones is 1. The van der Waals surface area contributed by atoms with Gasteiger partial charge in [0.1, 0.15) is 0 Å². The number of carbonyl (C=O) groups excluding carboxylic acids is 2. The van der Waals surface area contributed by atoms with Gasteiger partial charge in [-0.05, 0) is 38.2 Å². The molecule has 0 N–H and O–H groups in total. The van der Waals surface area contributed by atoms with Gasteiger partial charge in [0, 0.05) is 12.4 Å². The van der Waals surface area contributed by atoms with E-state index in [1.54, 1.807) is 6.08 Å². The maximum absolute atomic E-state index is 11.6. The van der Waals surface area contributed by atoms with Gasteiger partial charge in [0.25, 0.3) is 0 Å². The summed E-state index contributed by atoms with van der Waals surface area (Å²) in [5.41, 5.74) is 0. The van der Waals surface area contributed by atoms with Crippen molar-refractivity contribution in [2.24, 2.45) is 0 Å². The topological polar surface area (TPSA) is 57.2 Å². The second-order valence-electron chi connectivity index (χ2n) is 5.71. The highest BCUT2D eigenvalue weighted by Gasteiger charge is 1.97. The molecule has 0 atom stereocenters. The fourth-order valence-corrected chi connectivity index (χ4v) is 2.26. The Morgan fingerprint density at radius 3 is 2.00 bits per heavy atom. The number of rotatable bonds is 15. The first-order valence-corrected chi connectivity index (χ1v) is 8.56. The van der Waals surface area contributed by atoms with E-state index >= 15 is 0 Å². The largest absolute Gasteiger partial charge is 0.550 e. The molecule has 0 amide bonds. The Morgan fingerprint density at radius 1 is 0.810 bits per heavy atom. The zero-order valence-corrected chi connectivity index (χ0v) is 13.6. The Kier molecular flexibility index (Phi) is 14.5. The van der Waals surface area contributed by atoms with E-state index in [0.29, 0.717) is 12.8 Å². The monoisotopic (exact) mass is 295 g/mol. The molecule has 21 heavy (non-hydrogen) atoms. The molecule has 0 aliphatic heterocycles. The van der Waals surface area contributed by atoms with E-state index in [4.69, 9.17) is 0 Å². The summed E-state index contributed by atoms with van der Waals surface area (Å²) in [5.74, 6) is -0.718. The summed E-state index contributed by atoms with van der Waals surface area (Å²) >= 11 is 0. The lowest BCUT2D eigenvalue weighted by Gasteiger charge is -2.02. The van der Waals surface area contributed by atoms with Crippen LogP contribution in [0, 0.1) is 0 Å². The molecular weight excluding hydrogens is 264 g/mol. The summed E-state index contributed by atoms with van der Waals surface area (Å²) in [5, 5.41) is 10.2. The predicted octanol–water partition coefficient (Wildman–Crippen LogP) is 3.95. The van der Waals surface area contributed by atoms with Crippen molar-refractivity contribution in [1.29, 1.82) is 0 Å². The fourth-order valence-electron chi connectivity index (χ4n) is 2.26. The van der Waals surface area contributed by atoms with Crippen LogP contribution >= 0.6 is 0 Å². The van der Waals surface area contributed by atoms with Gasteiger partial charge < -0.3 is 9.90 Å². The molecule has 3 heteroatoms. The van der Waals surface area contributed by atoms with Gasteiger partial charge in [-0.1, -0.05) is 57.9 Å². The van der Waals surface area contributed by atoms with Gasteiger partial charge in [-0.3, -0.25) is 4.79 Å². The molecule has 0 saturated carbocycles. The van der Waals surface area contributed by atoms with Crippen LogP contribution in [0.2, 0.25) is 0 Å². The van der Waals surface area contributed by atoms with Gasteiger partial charge in [0.05, 0.1) is 0 Å². The van der Waals surface area contributed by atoms with Crippen molar-refractivity contribution >= 4 is 11.8 Å². The SMILES string of the molecule is CCCCCC/C=C/C(=O)CCCCCCCCC(=O)[O-]. The molecular formula is C18H31O3-. The van der Waals surface area contributed by atoms with Crippen molar-refractivity contribution in [3.63, 3.8) is 0 Å². The van der Waals surface area contributed by atoms with E-state index in [1.807, 2.05) is 6.08 Å². The minimum absolute atomic E-state index is 0.168. The molecule has 0 bridgehead atoms. The third-order valence-corrected chi connectivity index (χ3v) is 3.58. The zero-order valence-electron chi connectivity index (χ0n) is 13.6. The summed E-state index contributed by atoms with van der Waals surface area (Å²) in [7, 11) is 0. The molecule has 0 aliphatic rings. The number of hydrogen-bond donors (Lipinski definition) is 0. The number of carbonyl (C=O) groups is 2. The van der Waals surface area contributed by atoms with Gasteiger partial charge in [-0.2, -0.15) is 0 Å². The maximum atomic E-state index is 11.6. The number of allylic oxidation sites excluding steroid dienone is 2. The maximum Gasteiger partial charge on any atom is 0.155 e. The van der Waals surface area contributed by atoms with Crippen molar-refractivity contribution in [1.82, 2.24) is 0 Å². The zero-order chi connectivity index (χ0) is 15.8. The Bertz CT molecular complexity index is 295. The molecule has 0 spiro atoms. The molecule has 0 rings (SSSR count). The summed E-state index contributed by atoms with van der Waals surface area (Å²) in [6, 6.07) is 0. The number of carboxylic acid groups (broad SMARTS) is 1. The van der Waals surface area contributed by atoms with E-state index in [2.05, 4.69) is 6.92 Å². The molecule has 0 aliphatic carbocycles. The highest BCUT2D eigenvalue weighted by molar-refractivity contribution is 5.89. The van der Waals surface area contributed by atoms with Gasteiger partial charge in [0.2, 0.25) is 0 Å². The van der Waals surface area contributed by atoms with E-state index in [-0.39, 0.29) is 12.2 Å². The molecule has 0 aromatic rings. The highest BCUT2D eigenvalue weighted by Crippen LogP contribution is 2.09. The van der Waals surface area contributed by atoms with Crippen LogP contribution < -0.4 is 5.11 Å². The standard InChI is InChI=1S/C18H32O3/c1-2-3-4-5-8-11-14-17(19)15-12-9-6-7-10-13-16-18(20)21/h11,14H,2-10,12-13,15-16H2,1H3,(H,20,21)/p-1/b14-11+. The third kappa shape index (κ3) is 16.8. The highest BCUT2D eigenvalue weighted by atomic mass is 16.4. The van der Waals surface area contributed by atoms with Crippen LogP contribution in [0.5, 0.6) is 0 Å². The van der Waals surface area contributed by atoms with Crippen molar-refractivity contribution in [3.8, 4) is 0 Å². The smallest absolute Gasteiger partial charge is 0.155 e. The van der Waals surface area contributed by atoms with Gasteiger partial charge in [0.15, 0.2) is 5.78 Å². The van der Waals surface area contributed by atoms with E-state index in [1.165, 1.54) is 25.7 Å². The molecule has 122 valence electrons. The summed E-state index contributed by atoms with van der Waals surface area (Å²) in [6.45, 7) is 2.20. The molecule has 0 fully saturated rings. The van der Waals surface area contributed by atoms with Gasteiger partial charge in [-0.25, -0.2) is 0 Å². The van der Waals surface area contributed by atoms with Crippen LogP contribution in [-0.2, 0) is 9.59 Å². The van der Waals surface area contributed by atoms with Crippen molar-refractivity contribution in [3.05, 3.63) is 12.2 Å². The fraction of sp³-hybridized carbons (Fsp3) is 0.778. The average molecular weight is 295 g/mol. The van der Waals surface area contributed by atoms with Crippen molar-refractivity contribution in [2.45, 2.75) is 90.4 Å². The van der Waals surface area contributed by atoms with Crippen LogP contribution in [0.15, 0.2) is 12.2 Å². The van der Waals surface area contributed by atoms with Gasteiger partial charge >= 0.3 is 0 Å². The van der Waals surface area contributed by atoms with E-state index in [9.17, 15) is 14.7 Å². The molecule has 0 heterocycles. The predicted molar refractivity (Wildman–Crippen MR) is 84.8 cm³/mol. The molecule has 0 radical (unpaired) electrons. The molecule has 0 saturated heterocycles. The number of carboxylic acids is 1. The molecule has 0 aromatic carbocycles. The first kappa shape index (κ1) is 19.9. The Balaban J connectivity index is 3.29. The lowest BCUT2D eigenvalue weighted by atomic mass is 10.1. The average Bonchev–Trinajstić information content (AvgIpc) is 2.45. The second kappa shape index (κ2) is 15.3. The Morgan fingerprint density at radius 2 is 1.38 bits per heavy atom. The summed E-state index contributed by atoms with van der Waals surface area (Å²) < 4.78 is 0. The lowest BCUT2D eigenvalue weighted by Crippen LogP contribution is -2.21. The minimum Gasteiger partial charge on any atom is -0.550 e. The van der Waals surface area contributed by atoms with E-state index in [0.717, 1.165) is 38.5 Å². The molecule has 0 unspecified atom stereocenters. The summed E-state index contributed by atoms with van der Waals surface area (Å²) in [6.07, 6.45) is 16.3. The third-order valence-electron chi connectivity index (χ3n) is 3.58. The Labute approximate surface area is 129 Å². The van der Waals surface area contributed by atoms with Crippen LogP contribution in [-0.4, -0.2) is 11.8 Å². The van der Waals surface area contributed by atoms with Crippen LogP contribution in [0.25, 0.3) is 0 Å². The van der Waals surface area contributed by atoms with Crippen molar-refractivity contribution < 1.29 is 14.7 Å². The second-order valence-corrected chi connectivity index (χ2v) is 5.71. The van der Waals surface area contributed by atoms with E-state index < -0.39 is 5.97 Å². The first-order valence-electron chi connectivity index (χ1n) is 8.56.